The Hall–Kier alpha value is -2.83. The normalized spacial score (nSPS) is 19.7. The maximum atomic E-state index is 11.9. The summed E-state index contributed by atoms with van der Waals surface area (Å²) >= 11 is 0. The molecule has 3 aliphatic rings. The average Bonchev–Trinajstić information content (AvgIpc) is 3.06. The Labute approximate surface area is 226 Å². The second kappa shape index (κ2) is 11.1. The van der Waals surface area contributed by atoms with Gasteiger partial charge in [0, 0.05) is 61.4 Å². The third-order valence-corrected chi connectivity index (χ3v) is 9.27. The highest BCUT2D eigenvalue weighted by Crippen LogP contribution is 2.47. The largest absolute Gasteiger partial charge is 0.478 e. The van der Waals surface area contributed by atoms with Crippen LogP contribution < -0.4 is 4.90 Å². The van der Waals surface area contributed by atoms with E-state index >= 15 is 0 Å². The number of likely N-dealkylation sites (N-methyl/N-ethyl adjacent to an activating group) is 1. The highest BCUT2D eigenvalue weighted by molar-refractivity contribution is 5.99. The molecule has 38 heavy (non-hydrogen) atoms. The van der Waals surface area contributed by atoms with Crippen LogP contribution in [-0.4, -0.2) is 77.8 Å². The molecule has 0 atom stereocenters. The number of hydrogen-bond donors (Lipinski definition) is 1. The molecule has 1 N–H and O–H groups in total. The van der Waals surface area contributed by atoms with E-state index in [1.54, 1.807) is 6.07 Å². The molecule has 6 rings (SSSR count). The number of hydrogen-bond acceptors (Lipinski definition) is 4. The minimum Gasteiger partial charge on any atom is -0.478 e. The smallest absolute Gasteiger partial charge is 0.335 e. The molecular formula is C32H42N4O2. The summed E-state index contributed by atoms with van der Waals surface area (Å²) in [5, 5.41) is 11.0. The summed E-state index contributed by atoms with van der Waals surface area (Å²) in [5.41, 5.74) is 6.90. The molecule has 6 nitrogen and oxygen atoms in total. The van der Waals surface area contributed by atoms with Crippen molar-refractivity contribution in [2.75, 3.05) is 57.3 Å². The summed E-state index contributed by atoms with van der Waals surface area (Å²) in [6.07, 6.45) is 7.58. The van der Waals surface area contributed by atoms with Gasteiger partial charge in [0.15, 0.2) is 0 Å². The monoisotopic (exact) mass is 514 g/mol. The summed E-state index contributed by atoms with van der Waals surface area (Å²) < 4.78 is 2.45. The van der Waals surface area contributed by atoms with Gasteiger partial charge < -0.3 is 24.4 Å². The lowest BCUT2D eigenvalue weighted by Gasteiger charge is -2.29. The summed E-state index contributed by atoms with van der Waals surface area (Å²) in [6.45, 7) is 12.0. The van der Waals surface area contributed by atoms with Crippen LogP contribution in [0.4, 0.5) is 5.69 Å². The molecule has 0 spiro atoms. The van der Waals surface area contributed by atoms with Gasteiger partial charge in [-0.05, 0) is 68.6 Å². The lowest BCUT2D eigenvalue weighted by Crippen LogP contribution is -2.38. The van der Waals surface area contributed by atoms with Crippen LogP contribution in [0.1, 0.15) is 67.3 Å². The van der Waals surface area contributed by atoms with E-state index in [4.69, 9.17) is 0 Å². The van der Waals surface area contributed by atoms with Crippen LogP contribution in [0.15, 0.2) is 42.5 Å². The maximum absolute atomic E-state index is 11.9. The van der Waals surface area contributed by atoms with Gasteiger partial charge in [0.25, 0.3) is 0 Å². The van der Waals surface area contributed by atoms with Crippen LogP contribution >= 0.6 is 0 Å². The second-order valence-corrected chi connectivity index (χ2v) is 11.4. The van der Waals surface area contributed by atoms with Crippen LogP contribution in [-0.2, 0) is 6.54 Å². The highest BCUT2D eigenvalue weighted by atomic mass is 16.4. The van der Waals surface area contributed by atoms with Gasteiger partial charge >= 0.3 is 5.97 Å². The number of fused-ring (bicyclic) bond motifs is 5. The van der Waals surface area contributed by atoms with Crippen molar-refractivity contribution >= 4 is 22.6 Å². The number of carboxylic acid groups (broad SMARTS) is 1. The second-order valence-electron chi connectivity index (χ2n) is 11.4. The molecule has 1 saturated carbocycles. The van der Waals surface area contributed by atoms with Crippen molar-refractivity contribution in [2.45, 2.75) is 57.9 Å². The zero-order valence-corrected chi connectivity index (χ0v) is 22.9. The van der Waals surface area contributed by atoms with Gasteiger partial charge in [-0.15, -0.1) is 0 Å². The fourth-order valence-electron chi connectivity index (χ4n) is 7.19. The van der Waals surface area contributed by atoms with Crippen molar-refractivity contribution in [1.29, 1.82) is 0 Å². The van der Waals surface area contributed by atoms with Gasteiger partial charge in [0.05, 0.1) is 11.3 Å². The molecule has 0 bridgehead atoms. The predicted molar refractivity (Wildman–Crippen MR) is 156 cm³/mol. The van der Waals surface area contributed by atoms with E-state index < -0.39 is 5.97 Å². The Kier molecular flexibility index (Phi) is 7.44. The maximum Gasteiger partial charge on any atom is 0.335 e. The molecular weight excluding hydrogens is 472 g/mol. The summed E-state index contributed by atoms with van der Waals surface area (Å²) in [6, 6.07) is 14.8. The third kappa shape index (κ3) is 4.85. The Morgan fingerprint density at radius 1 is 0.868 bits per heavy atom. The summed E-state index contributed by atoms with van der Waals surface area (Å²) in [7, 11) is 0. The Morgan fingerprint density at radius 3 is 2.47 bits per heavy atom. The van der Waals surface area contributed by atoms with Crippen molar-refractivity contribution < 1.29 is 9.90 Å². The minimum absolute atomic E-state index is 0.379. The van der Waals surface area contributed by atoms with Gasteiger partial charge in [0.1, 0.15) is 0 Å². The number of rotatable bonds is 6. The van der Waals surface area contributed by atoms with E-state index in [0.717, 1.165) is 44.8 Å². The molecule has 202 valence electrons. The van der Waals surface area contributed by atoms with Crippen LogP contribution in [0.5, 0.6) is 0 Å². The number of aromatic nitrogens is 1. The minimum atomic E-state index is -0.851. The lowest BCUT2D eigenvalue weighted by molar-refractivity contribution is 0.0697. The number of carbonyl (C=O) groups is 1. The van der Waals surface area contributed by atoms with Gasteiger partial charge in [0.2, 0.25) is 0 Å². The van der Waals surface area contributed by atoms with Crippen molar-refractivity contribution in [3.05, 3.63) is 53.6 Å². The Morgan fingerprint density at radius 2 is 1.66 bits per heavy atom. The summed E-state index contributed by atoms with van der Waals surface area (Å²) in [4.78, 5) is 19.7. The number of anilines is 1. The molecule has 2 fully saturated rings. The molecule has 1 saturated heterocycles. The van der Waals surface area contributed by atoms with Gasteiger partial charge in [-0.25, -0.2) is 4.79 Å². The standard InChI is InChI=1S/C32H42N4O2/c1-2-33-15-8-16-34(18-17-33)19-20-35-21-22-36-29-23-25(32(37)38)13-14-26(29)30(24-9-4-3-5-10-24)31(36)27-11-6-7-12-28(27)35/h6-7,11-14,23-24H,2-5,8-10,15-22H2,1H3,(H,37,38). The zero-order chi connectivity index (χ0) is 26.1. The topological polar surface area (TPSA) is 52.0 Å². The molecule has 0 radical (unpaired) electrons. The lowest BCUT2D eigenvalue weighted by atomic mass is 9.81. The number of para-hydroxylation sites is 1. The van der Waals surface area contributed by atoms with E-state index in [0.29, 0.717) is 11.5 Å². The van der Waals surface area contributed by atoms with Crippen molar-refractivity contribution in [1.82, 2.24) is 14.4 Å². The molecule has 6 heteroatoms. The average molecular weight is 515 g/mol. The van der Waals surface area contributed by atoms with Crippen LogP contribution in [0, 0.1) is 0 Å². The van der Waals surface area contributed by atoms with Crippen molar-refractivity contribution in [3.8, 4) is 11.3 Å². The SMILES string of the molecule is CCN1CCCN(CCN2CCn3c(c(C4CCCCC4)c4ccc(C(=O)O)cc43)-c3ccccc32)CC1. The Balaban J connectivity index is 1.38. The first-order valence-electron chi connectivity index (χ1n) is 14.8. The number of aromatic carboxylic acids is 1. The van der Waals surface area contributed by atoms with Gasteiger partial charge in [-0.3, -0.25) is 0 Å². The van der Waals surface area contributed by atoms with Gasteiger partial charge in [-0.1, -0.05) is 50.5 Å². The van der Waals surface area contributed by atoms with Crippen LogP contribution in [0.3, 0.4) is 0 Å². The molecule has 1 aromatic heterocycles. The van der Waals surface area contributed by atoms with Crippen molar-refractivity contribution in [2.24, 2.45) is 0 Å². The first kappa shape index (κ1) is 25.4. The molecule has 2 aliphatic heterocycles. The van der Waals surface area contributed by atoms with E-state index in [1.807, 2.05) is 6.07 Å². The molecule has 0 unspecified atom stereocenters. The third-order valence-electron chi connectivity index (χ3n) is 9.27. The molecule has 3 aromatic rings. The molecule has 0 amide bonds. The number of benzene rings is 2. The fraction of sp³-hybridized carbons (Fsp3) is 0.531. The fourth-order valence-corrected chi connectivity index (χ4v) is 7.19. The van der Waals surface area contributed by atoms with E-state index in [9.17, 15) is 9.90 Å². The number of carboxylic acids is 1. The van der Waals surface area contributed by atoms with E-state index in [1.165, 1.54) is 86.1 Å². The molecule has 1 aliphatic carbocycles. The van der Waals surface area contributed by atoms with E-state index in [2.05, 4.69) is 56.5 Å². The number of nitrogens with zero attached hydrogens (tertiary/aromatic N) is 4. The van der Waals surface area contributed by atoms with Gasteiger partial charge in [-0.2, -0.15) is 0 Å². The van der Waals surface area contributed by atoms with Crippen LogP contribution in [0.25, 0.3) is 22.2 Å². The first-order valence-corrected chi connectivity index (χ1v) is 14.8. The quantitative estimate of drug-likeness (QED) is 0.444. The molecule has 2 aromatic carbocycles. The van der Waals surface area contributed by atoms with Crippen molar-refractivity contribution in [3.63, 3.8) is 0 Å². The van der Waals surface area contributed by atoms with E-state index in [-0.39, 0.29) is 0 Å². The molecule has 3 heterocycles. The summed E-state index contributed by atoms with van der Waals surface area (Å²) in [5.74, 6) is -0.312. The Bertz CT molecular complexity index is 1290. The highest BCUT2D eigenvalue weighted by Gasteiger charge is 2.30. The zero-order valence-electron chi connectivity index (χ0n) is 22.9. The first-order chi connectivity index (χ1) is 18.6. The van der Waals surface area contributed by atoms with Crippen LogP contribution in [0.2, 0.25) is 0 Å². The predicted octanol–water partition coefficient (Wildman–Crippen LogP) is 5.90.